The quantitative estimate of drug-likeness (QED) is 0.939. The average Bonchev–Trinajstić information content (AvgIpc) is 2.55. The van der Waals surface area contributed by atoms with E-state index in [0.29, 0.717) is 13.2 Å². The van der Waals surface area contributed by atoms with Crippen molar-refractivity contribution in [1.82, 2.24) is 5.32 Å². The Morgan fingerprint density at radius 1 is 1.05 bits per heavy atom. The molecule has 0 unspecified atom stereocenters. The maximum Gasteiger partial charge on any atom is 0.124 e. The lowest BCUT2D eigenvalue weighted by Gasteiger charge is -2.25. The smallest absolute Gasteiger partial charge is 0.124 e. The summed E-state index contributed by atoms with van der Waals surface area (Å²) >= 11 is 0. The van der Waals surface area contributed by atoms with Crippen LogP contribution in [0.25, 0.3) is 0 Å². The van der Waals surface area contributed by atoms with Crippen LogP contribution in [0.1, 0.15) is 17.2 Å². The topological polar surface area (TPSA) is 30.5 Å². The Labute approximate surface area is 131 Å². The molecule has 0 bridgehead atoms. The highest BCUT2D eigenvalue weighted by atomic mass is 35.5. The van der Waals surface area contributed by atoms with Gasteiger partial charge in [0.05, 0.1) is 19.3 Å². The molecule has 21 heavy (non-hydrogen) atoms. The highest BCUT2D eigenvalue weighted by Gasteiger charge is 2.18. The Morgan fingerprint density at radius 3 is 2.57 bits per heavy atom. The number of halogens is 1. The van der Waals surface area contributed by atoms with E-state index in [2.05, 4.69) is 23.5 Å². The van der Waals surface area contributed by atoms with E-state index in [-0.39, 0.29) is 18.4 Å². The lowest BCUT2D eigenvalue weighted by Crippen LogP contribution is -2.34. The van der Waals surface area contributed by atoms with Gasteiger partial charge in [0.25, 0.3) is 0 Å². The number of rotatable bonds is 4. The van der Waals surface area contributed by atoms with Gasteiger partial charge in [-0.2, -0.15) is 0 Å². The molecule has 1 aliphatic heterocycles. The van der Waals surface area contributed by atoms with Gasteiger partial charge in [-0.15, -0.1) is 12.4 Å². The maximum absolute atomic E-state index is 5.98. The van der Waals surface area contributed by atoms with Gasteiger partial charge in [0, 0.05) is 12.1 Å². The molecule has 1 atom stereocenters. The number of morpholine rings is 1. The molecule has 1 heterocycles. The molecule has 0 radical (unpaired) electrons. The molecular formula is C17H20ClNO2. The Bertz CT molecular complexity index is 541. The third-order valence-electron chi connectivity index (χ3n) is 3.45. The molecule has 0 amide bonds. The molecule has 1 N–H and O–H groups in total. The third-order valence-corrected chi connectivity index (χ3v) is 3.45. The van der Waals surface area contributed by atoms with Crippen LogP contribution in [0, 0.1) is 0 Å². The van der Waals surface area contributed by atoms with Gasteiger partial charge in [0.1, 0.15) is 12.4 Å². The molecule has 1 saturated heterocycles. The van der Waals surface area contributed by atoms with Gasteiger partial charge in [0.15, 0.2) is 0 Å². The summed E-state index contributed by atoms with van der Waals surface area (Å²) in [5.74, 6) is 0.930. The second-order valence-electron chi connectivity index (χ2n) is 4.89. The van der Waals surface area contributed by atoms with Crippen molar-refractivity contribution in [3.63, 3.8) is 0 Å². The van der Waals surface area contributed by atoms with Crippen molar-refractivity contribution in [1.29, 1.82) is 0 Å². The first-order valence-electron chi connectivity index (χ1n) is 7.00. The molecule has 2 aromatic carbocycles. The molecule has 112 valence electrons. The Kier molecular flexibility index (Phi) is 6.05. The summed E-state index contributed by atoms with van der Waals surface area (Å²) in [7, 11) is 0. The molecule has 0 aromatic heterocycles. The molecule has 0 spiro atoms. The Balaban J connectivity index is 0.00000161. The average molecular weight is 306 g/mol. The van der Waals surface area contributed by atoms with Crippen molar-refractivity contribution in [3.05, 3.63) is 65.7 Å². The fourth-order valence-electron chi connectivity index (χ4n) is 2.40. The monoisotopic (exact) mass is 305 g/mol. The Hall–Kier alpha value is -1.55. The number of hydrogen-bond acceptors (Lipinski definition) is 3. The van der Waals surface area contributed by atoms with Gasteiger partial charge in [-0.25, -0.2) is 0 Å². The summed E-state index contributed by atoms with van der Waals surface area (Å²) < 4.78 is 11.5. The van der Waals surface area contributed by atoms with Gasteiger partial charge in [-0.1, -0.05) is 48.5 Å². The standard InChI is InChI=1S/C17H19NO2.ClH/c1-2-6-14(7-3-1)12-20-17-9-5-4-8-15(17)16-13-19-11-10-18-16;/h1-9,16,18H,10-13H2;1H/t16-;/m1./s1. The van der Waals surface area contributed by atoms with Crippen molar-refractivity contribution in [3.8, 4) is 5.75 Å². The van der Waals surface area contributed by atoms with Crippen molar-refractivity contribution in [2.75, 3.05) is 19.8 Å². The van der Waals surface area contributed by atoms with Crippen LogP contribution in [-0.2, 0) is 11.3 Å². The maximum atomic E-state index is 5.98. The zero-order valence-corrected chi connectivity index (χ0v) is 12.6. The van der Waals surface area contributed by atoms with Crippen LogP contribution in [0.15, 0.2) is 54.6 Å². The molecular weight excluding hydrogens is 286 g/mol. The van der Waals surface area contributed by atoms with Crippen LogP contribution in [-0.4, -0.2) is 19.8 Å². The normalized spacial score (nSPS) is 17.8. The van der Waals surface area contributed by atoms with E-state index in [1.54, 1.807) is 0 Å². The lowest BCUT2D eigenvalue weighted by atomic mass is 10.1. The number of para-hydroxylation sites is 1. The number of nitrogens with one attached hydrogen (secondary N) is 1. The predicted molar refractivity (Wildman–Crippen MR) is 86.0 cm³/mol. The van der Waals surface area contributed by atoms with Crippen LogP contribution >= 0.6 is 12.4 Å². The van der Waals surface area contributed by atoms with E-state index < -0.39 is 0 Å². The molecule has 2 aromatic rings. The van der Waals surface area contributed by atoms with Crippen molar-refractivity contribution in [2.45, 2.75) is 12.6 Å². The fraction of sp³-hybridized carbons (Fsp3) is 0.294. The zero-order chi connectivity index (χ0) is 13.6. The highest BCUT2D eigenvalue weighted by Crippen LogP contribution is 2.27. The molecule has 0 saturated carbocycles. The summed E-state index contributed by atoms with van der Waals surface area (Å²) in [5, 5.41) is 3.47. The summed E-state index contributed by atoms with van der Waals surface area (Å²) in [6.07, 6.45) is 0. The minimum atomic E-state index is 0. The van der Waals surface area contributed by atoms with E-state index in [0.717, 1.165) is 18.9 Å². The number of benzene rings is 2. The van der Waals surface area contributed by atoms with E-state index in [9.17, 15) is 0 Å². The van der Waals surface area contributed by atoms with Crippen LogP contribution in [0.3, 0.4) is 0 Å². The highest BCUT2D eigenvalue weighted by molar-refractivity contribution is 5.85. The second-order valence-corrected chi connectivity index (χ2v) is 4.89. The minimum Gasteiger partial charge on any atom is -0.489 e. The van der Waals surface area contributed by atoms with E-state index >= 15 is 0 Å². The molecule has 1 aliphatic rings. The van der Waals surface area contributed by atoms with Gasteiger partial charge >= 0.3 is 0 Å². The first-order valence-corrected chi connectivity index (χ1v) is 7.00. The van der Waals surface area contributed by atoms with Gasteiger partial charge in [0.2, 0.25) is 0 Å². The summed E-state index contributed by atoms with van der Waals surface area (Å²) in [6, 6.07) is 18.6. The van der Waals surface area contributed by atoms with Gasteiger partial charge in [-0.05, 0) is 11.6 Å². The summed E-state index contributed by atoms with van der Waals surface area (Å²) in [6.45, 7) is 2.96. The van der Waals surface area contributed by atoms with Crippen LogP contribution in [0.5, 0.6) is 5.75 Å². The summed E-state index contributed by atoms with van der Waals surface area (Å²) in [5.41, 5.74) is 2.35. The number of hydrogen-bond donors (Lipinski definition) is 1. The molecule has 3 rings (SSSR count). The third kappa shape index (κ3) is 4.21. The predicted octanol–water partition coefficient (Wildman–Crippen LogP) is 3.35. The molecule has 4 heteroatoms. The van der Waals surface area contributed by atoms with Gasteiger partial charge < -0.3 is 14.8 Å². The largest absolute Gasteiger partial charge is 0.489 e. The van der Waals surface area contributed by atoms with E-state index in [1.165, 1.54) is 11.1 Å². The van der Waals surface area contributed by atoms with Gasteiger partial charge in [-0.3, -0.25) is 0 Å². The lowest BCUT2D eigenvalue weighted by molar-refractivity contribution is 0.0757. The van der Waals surface area contributed by atoms with E-state index in [1.807, 2.05) is 36.4 Å². The minimum absolute atomic E-state index is 0. The van der Waals surface area contributed by atoms with Crippen molar-refractivity contribution < 1.29 is 9.47 Å². The van der Waals surface area contributed by atoms with Crippen molar-refractivity contribution in [2.24, 2.45) is 0 Å². The molecule has 3 nitrogen and oxygen atoms in total. The second kappa shape index (κ2) is 8.03. The first kappa shape index (κ1) is 15.8. The molecule has 1 fully saturated rings. The van der Waals surface area contributed by atoms with E-state index in [4.69, 9.17) is 9.47 Å². The fourth-order valence-corrected chi connectivity index (χ4v) is 2.40. The Morgan fingerprint density at radius 2 is 1.81 bits per heavy atom. The van der Waals surface area contributed by atoms with Crippen LogP contribution < -0.4 is 10.1 Å². The van der Waals surface area contributed by atoms with Crippen LogP contribution in [0.4, 0.5) is 0 Å². The number of ether oxygens (including phenoxy) is 2. The van der Waals surface area contributed by atoms with Crippen LogP contribution in [0.2, 0.25) is 0 Å². The SMILES string of the molecule is Cl.c1ccc(COc2ccccc2[C@H]2COCCN2)cc1. The first-order chi connectivity index (χ1) is 9.93. The van der Waals surface area contributed by atoms with Crippen molar-refractivity contribution >= 4 is 12.4 Å². The zero-order valence-electron chi connectivity index (χ0n) is 11.8. The summed E-state index contributed by atoms with van der Waals surface area (Å²) in [4.78, 5) is 0. The molecule has 0 aliphatic carbocycles.